The minimum atomic E-state index is -0.0951. The number of aliphatic imine (C=N–C) groups is 1. The van der Waals surface area contributed by atoms with Crippen LogP contribution < -0.4 is 9.64 Å². The minimum absolute atomic E-state index is 0.0951. The molecule has 1 amide bonds. The van der Waals surface area contributed by atoms with Crippen molar-refractivity contribution < 1.29 is 9.53 Å². The molecule has 0 atom stereocenters. The fourth-order valence-corrected chi connectivity index (χ4v) is 3.53. The van der Waals surface area contributed by atoms with Crippen molar-refractivity contribution in [2.75, 3.05) is 10.7 Å². The first-order valence-electron chi connectivity index (χ1n) is 9.18. The number of carbonyl (C=O) groups excluding carboxylic acids is 1. The second-order valence-electron chi connectivity index (χ2n) is 6.48. The van der Waals surface area contributed by atoms with E-state index in [2.05, 4.69) is 11.9 Å². The molecule has 140 valence electrons. The van der Waals surface area contributed by atoms with Crippen LogP contribution in [0.4, 0.5) is 5.69 Å². The van der Waals surface area contributed by atoms with E-state index in [1.807, 2.05) is 74.5 Å². The molecule has 1 aliphatic heterocycles. The molecule has 0 aliphatic carbocycles. The van der Waals surface area contributed by atoms with E-state index in [1.165, 1.54) is 0 Å². The van der Waals surface area contributed by atoms with Gasteiger partial charge in [-0.15, -0.1) is 0 Å². The first kappa shape index (κ1) is 19.2. The Morgan fingerprint density at radius 2 is 1.81 bits per heavy atom. The number of carbonyl (C=O) groups is 1. The lowest BCUT2D eigenvalue weighted by molar-refractivity contribution is -0.113. The number of amidine groups is 1. The quantitative estimate of drug-likeness (QED) is 0.634. The van der Waals surface area contributed by atoms with Crippen molar-refractivity contribution in [2.45, 2.75) is 33.3 Å². The Labute approximate surface area is 164 Å². The molecule has 2 aromatic rings. The van der Waals surface area contributed by atoms with Crippen LogP contribution in [0.5, 0.6) is 5.75 Å². The Hall–Kier alpha value is -2.53. The second-order valence-corrected chi connectivity index (χ2v) is 7.55. The number of amides is 1. The standard InChI is InChI=1S/C22H24N2O2S/c1-4-14-27-22-23-20(21(25)24(22)18-8-6-5-7-9-18)15-17-10-12-19(13-11-17)26-16(2)3/h5-13,15-16H,4,14H2,1-3H3. The number of hydrogen-bond acceptors (Lipinski definition) is 4. The fourth-order valence-electron chi connectivity index (χ4n) is 2.66. The summed E-state index contributed by atoms with van der Waals surface area (Å²) in [6, 6.07) is 17.4. The van der Waals surface area contributed by atoms with Gasteiger partial charge in [-0.05, 0) is 56.2 Å². The highest BCUT2D eigenvalue weighted by Crippen LogP contribution is 2.29. The summed E-state index contributed by atoms with van der Waals surface area (Å²) < 4.78 is 5.67. The van der Waals surface area contributed by atoms with Gasteiger partial charge in [-0.3, -0.25) is 9.69 Å². The zero-order valence-electron chi connectivity index (χ0n) is 15.9. The average molecular weight is 381 g/mol. The van der Waals surface area contributed by atoms with Crippen molar-refractivity contribution in [3.63, 3.8) is 0 Å². The molecule has 0 aromatic heterocycles. The molecule has 0 N–H and O–H groups in total. The Morgan fingerprint density at radius 1 is 1.11 bits per heavy atom. The largest absolute Gasteiger partial charge is 0.491 e. The molecule has 1 heterocycles. The van der Waals surface area contributed by atoms with Gasteiger partial charge in [0.05, 0.1) is 11.8 Å². The van der Waals surface area contributed by atoms with Crippen LogP contribution in [0, 0.1) is 0 Å². The predicted molar refractivity (Wildman–Crippen MR) is 114 cm³/mol. The molecule has 3 rings (SSSR count). The number of ether oxygens (including phenoxy) is 1. The first-order valence-corrected chi connectivity index (χ1v) is 10.2. The van der Waals surface area contributed by atoms with Crippen LogP contribution in [0.2, 0.25) is 0 Å². The highest BCUT2D eigenvalue weighted by molar-refractivity contribution is 8.14. The summed E-state index contributed by atoms with van der Waals surface area (Å²) >= 11 is 1.61. The first-order chi connectivity index (χ1) is 13.1. The number of anilines is 1. The lowest BCUT2D eigenvalue weighted by atomic mass is 10.2. The normalized spacial score (nSPS) is 15.6. The summed E-state index contributed by atoms with van der Waals surface area (Å²) in [5.41, 5.74) is 2.22. The lowest BCUT2D eigenvalue weighted by Gasteiger charge is -2.17. The van der Waals surface area contributed by atoms with Gasteiger partial charge < -0.3 is 4.74 Å². The monoisotopic (exact) mass is 380 g/mol. The van der Waals surface area contributed by atoms with Crippen LogP contribution in [0.15, 0.2) is 65.3 Å². The zero-order chi connectivity index (χ0) is 19.2. The fraction of sp³-hybridized carbons (Fsp3) is 0.273. The molecule has 2 aromatic carbocycles. The van der Waals surface area contributed by atoms with Crippen molar-refractivity contribution in [3.8, 4) is 5.75 Å². The van der Waals surface area contributed by atoms with Gasteiger partial charge in [0.15, 0.2) is 5.17 Å². The Bertz CT molecular complexity index is 842. The molecule has 0 saturated carbocycles. The SMILES string of the molecule is CCCSC1=NC(=Cc2ccc(OC(C)C)cc2)C(=O)N1c1ccccc1. The third-order valence-electron chi connectivity index (χ3n) is 3.83. The molecule has 1 aliphatic rings. The zero-order valence-corrected chi connectivity index (χ0v) is 16.7. The van der Waals surface area contributed by atoms with E-state index in [0.717, 1.165) is 34.3 Å². The van der Waals surface area contributed by atoms with Gasteiger partial charge in [0.2, 0.25) is 0 Å². The molecule has 0 fully saturated rings. The topological polar surface area (TPSA) is 41.9 Å². The maximum absolute atomic E-state index is 13.0. The third-order valence-corrected chi connectivity index (χ3v) is 4.98. The van der Waals surface area contributed by atoms with Gasteiger partial charge in [0.25, 0.3) is 5.91 Å². The average Bonchev–Trinajstić information content (AvgIpc) is 2.97. The number of thioether (sulfide) groups is 1. The summed E-state index contributed by atoms with van der Waals surface area (Å²) in [6.07, 6.45) is 2.99. The van der Waals surface area contributed by atoms with Crippen LogP contribution >= 0.6 is 11.8 Å². The molecule has 0 unspecified atom stereocenters. The summed E-state index contributed by atoms with van der Waals surface area (Å²) in [5.74, 6) is 1.64. The summed E-state index contributed by atoms with van der Waals surface area (Å²) in [6.45, 7) is 6.11. The molecule has 0 saturated heterocycles. The van der Waals surface area contributed by atoms with Crippen molar-refractivity contribution in [3.05, 3.63) is 65.9 Å². The molecular formula is C22H24N2O2S. The molecule has 0 radical (unpaired) electrons. The number of hydrogen-bond donors (Lipinski definition) is 0. The van der Waals surface area contributed by atoms with Crippen LogP contribution in [-0.4, -0.2) is 22.9 Å². The molecule has 0 bridgehead atoms. The number of nitrogens with zero attached hydrogens (tertiary/aromatic N) is 2. The predicted octanol–water partition coefficient (Wildman–Crippen LogP) is 5.36. The van der Waals surface area contributed by atoms with Crippen LogP contribution in [-0.2, 0) is 4.79 Å². The third kappa shape index (κ3) is 4.80. The Balaban J connectivity index is 1.87. The molecule has 5 heteroatoms. The molecule has 4 nitrogen and oxygen atoms in total. The molecular weight excluding hydrogens is 356 g/mol. The summed E-state index contributed by atoms with van der Waals surface area (Å²) in [7, 11) is 0. The molecule has 0 spiro atoms. The Kier molecular flexibility index (Phi) is 6.35. The van der Waals surface area contributed by atoms with E-state index in [9.17, 15) is 4.79 Å². The highest BCUT2D eigenvalue weighted by atomic mass is 32.2. The van der Waals surface area contributed by atoms with Gasteiger partial charge in [-0.1, -0.05) is 49.0 Å². The number of rotatable bonds is 6. The van der Waals surface area contributed by atoms with Gasteiger partial charge in [-0.25, -0.2) is 4.99 Å². The highest BCUT2D eigenvalue weighted by Gasteiger charge is 2.31. The van der Waals surface area contributed by atoms with Gasteiger partial charge in [0, 0.05) is 5.75 Å². The number of benzene rings is 2. The van der Waals surface area contributed by atoms with E-state index in [-0.39, 0.29) is 12.0 Å². The van der Waals surface area contributed by atoms with E-state index >= 15 is 0 Å². The van der Waals surface area contributed by atoms with Gasteiger partial charge in [0.1, 0.15) is 11.4 Å². The summed E-state index contributed by atoms with van der Waals surface area (Å²) in [5, 5.41) is 0.735. The smallest absolute Gasteiger partial charge is 0.283 e. The van der Waals surface area contributed by atoms with E-state index in [4.69, 9.17) is 4.74 Å². The van der Waals surface area contributed by atoms with Crippen LogP contribution in [0.3, 0.4) is 0 Å². The maximum atomic E-state index is 13.0. The maximum Gasteiger partial charge on any atom is 0.283 e. The number of para-hydroxylation sites is 1. The summed E-state index contributed by atoms with van der Waals surface area (Å²) in [4.78, 5) is 19.3. The van der Waals surface area contributed by atoms with Crippen LogP contribution in [0.25, 0.3) is 6.08 Å². The van der Waals surface area contributed by atoms with Gasteiger partial charge in [-0.2, -0.15) is 0 Å². The van der Waals surface area contributed by atoms with Crippen molar-refractivity contribution in [1.82, 2.24) is 0 Å². The van der Waals surface area contributed by atoms with Crippen LogP contribution in [0.1, 0.15) is 32.8 Å². The van der Waals surface area contributed by atoms with E-state index in [1.54, 1.807) is 16.7 Å². The van der Waals surface area contributed by atoms with E-state index < -0.39 is 0 Å². The lowest BCUT2D eigenvalue weighted by Crippen LogP contribution is -2.30. The minimum Gasteiger partial charge on any atom is -0.491 e. The molecule has 27 heavy (non-hydrogen) atoms. The van der Waals surface area contributed by atoms with E-state index in [0.29, 0.717) is 5.70 Å². The van der Waals surface area contributed by atoms with Crippen molar-refractivity contribution >= 4 is 34.6 Å². The second kappa shape index (κ2) is 8.91. The Morgan fingerprint density at radius 3 is 2.44 bits per heavy atom. The van der Waals surface area contributed by atoms with Gasteiger partial charge >= 0.3 is 0 Å². The van der Waals surface area contributed by atoms with Crippen molar-refractivity contribution in [1.29, 1.82) is 0 Å². The van der Waals surface area contributed by atoms with Crippen molar-refractivity contribution in [2.24, 2.45) is 4.99 Å².